The summed E-state index contributed by atoms with van der Waals surface area (Å²) >= 11 is 0. The van der Waals surface area contributed by atoms with Crippen molar-refractivity contribution in [3.05, 3.63) is 119 Å². The van der Waals surface area contributed by atoms with Gasteiger partial charge in [0.15, 0.2) is 25.1 Å². The maximum atomic E-state index is 10.9. The van der Waals surface area contributed by atoms with Gasteiger partial charge in [-0.05, 0) is 36.2 Å². The molecule has 12 heteroatoms. The van der Waals surface area contributed by atoms with E-state index < -0.39 is 5.41 Å². The molecule has 0 amide bonds. The predicted molar refractivity (Wildman–Crippen MR) is 179 cm³/mol. The van der Waals surface area contributed by atoms with Crippen LogP contribution in [-0.2, 0) is 50.0 Å². The highest BCUT2D eigenvalue weighted by Crippen LogP contribution is 2.51. The zero-order valence-corrected chi connectivity index (χ0v) is 26.9. The summed E-state index contributed by atoms with van der Waals surface area (Å²) in [5.74, 6) is 0.182. The fraction of sp³-hybridized carbons (Fsp3) is 0.263. The second kappa shape index (κ2) is 18.4. The third-order valence-electron chi connectivity index (χ3n) is 7.58. The van der Waals surface area contributed by atoms with Crippen LogP contribution >= 0.6 is 0 Å². The van der Waals surface area contributed by atoms with Crippen molar-refractivity contribution in [2.24, 2.45) is 0 Å². The largest absolute Gasteiger partial charge is 0.508 e. The Hall–Kier alpha value is -5.40. The van der Waals surface area contributed by atoms with Gasteiger partial charge in [-0.2, -0.15) is 0 Å². The summed E-state index contributed by atoms with van der Waals surface area (Å²) in [6.07, 6.45) is 3.24. The fourth-order valence-corrected chi connectivity index (χ4v) is 4.71. The lowest BCUT2D eigenvalue weighted by Gasteiger charge is -2.37. The Morgan fingerprint density at radius 3 is 0.940 bits per heavy atom. The number of phenols is 4. The molecule has 4 heterocycles. The lowest BCUT2D eigenvalue weighted by atomic mass is 9.65. The third kappa shape index (κ3) is 11.1. The standard InChI is InChI=1S/C26H22O4.4C3H4O2/c27-22-13-5-1-9-18(22)17-26(19-10-2-6-14-23(19)28,20-11-3-7-15-24(20)29)21-12-4-8-16-25(21)30;4*4-1-3-2-5-3/h1-16,27-30H,17H2;4*1,3H,2H2. The van der Waals surface area contributed by atoms with E-state index in [4.69, 9.17) is 0 Å². The highest BCUT2D eigenvalue weighted by atomic mass is 16.6. The van der Waals surface area contributed by atoms with Gasteiger partial charge in [-0.15, -0.1) is 0 Å². The first-order chi connectivity index (χ1) is 24.3. The summed E-state index contributed by atoms with van der Waals surface area (Å²) < 4.78 is 18.0. The van der Waals surface area contributed by atoms with Gasteiger partial charge < -0.3 is 58.6 Å². The first kappa shape index (κ1) is 37.4. The van der Waals surface area contributed by atoms with Crippen molar-refractivity contribution in [3.8, 4) is 23.0 Å². The monoisotopic (exact) mass is 686 g/mol. The van der Waals surface area contributed by atoms with Gasteiger partial charge >= 0.3 is 0 Å². The normalized spacial score (nSPS) is 20.1. The Balaban J connectivity index is 0.000000222. The minimum Gasteiger partial charge on any atom is -0.508 e. The molecule has 0 aliphatic carbocycles. The molecule has 12 nitrogen and oxygen atoms in total. The summed E-state index contributed by atoms with van der Waals surface area (Å²) in [7, 11) is 0. The van der Waals surface area contributed by atoms with Gasteiger partial charge in [0.2, 0.25) is 0 Å². The Kier molecular flexibility index (Phi) is 13.8. The summed E-state index contributed by atoms with van der Waals surface area (Å²) in [6, 6.07) is 27.6. The molecule has 4 aromatic carbocycles. The first-order valence-corrected chi connectivity index (χ1v) is 15.7. The maximum Gasteiger partial charge on any atom is 0.151 e. The van der Waals surface area contributed by atoms with Gasteiger partial charge in [0.1, 0.15) is 47.4 Å². The van der Waals surface area contributed by atoms with Gasteiger partial charge in [0.25, 0.3) is 0 Å². The summed E-state index contributed by atoms with van der Waals surface area (Å²) in [6.45, 7) is 2.57. The van der Waals surface area contributed by atoms with Crippen LogP contribution in [0.5, 0.6) is 23.0 Å². The smallest absolute Gasteiger partial charge is 0.151 e. The van der Waals surface area contributed by atoms with Crippen LogP contribution in [0.25, 0.3) is 0 Å². The fourth-order valence-electron chi connectivity index (χ4n) is 4.71. The van der Waals surface area contributed by atoms with Gasteiger partial charge in [-0.1, -0.05) is 72.8 Å². The lowest BCUT2D eigenvalue weighted by molar-refractivity contribution is -0.109. The quantitative estimate of drug-likeness (QED) is 0.114. The van der Waals surface area contributed by atoms with Crippen molar-refractivity contribution >= 4 is 25.1 Å². The number of epoxide rings is 4. The molecule has 262 valence electrons. The molecule has 8 rings (SSSR count). The van der Waals surface area contributed by atoms with E-state index in [9.17, 15) is 39.6 Å². The van der Waals surface area contributed by atoms with Gasteiger partial charge in [-0.25, -0.2) is 0 Å². The Morgan fingerprint density at radius 1 is 0.460 bits per heavy atom. The molecule has 50 heavy (non-hydrogen) atoms. The Morgan fingerprint density at radius 2 is 0.720 bits per heavy atom. The van der Waals surface area contributed by atoms with E-state index in [1.807, 2.05) is 6.07 Å². The number of aromatic hydroxyl groups is 4. The number of aldehydes is 4. The van der Waals surface area contributed by atoms with Crippen molar-refractivity contribution in [2.75, 3.05) is 26.4 Å². The van der Waals surface area contributed by atoms with Crippen molar-refractivity contribution in [2.45, 2.75) is 36.3 Å². The van der Waals surface area contributed by atoms with Crippen LogP contribution in [0.15, 0.2) is 97.1 Å². The van der Waals surface area contributed by atoms with E-state index in [-0.39, 0.29) is 53.8 Å². The number of phenolic OH excluding ortho intramolecular Hbond substituents is 4. The second-order valence-corrected chi connectivity index (χ2v) is 11.3. The number of carbonyl (C=O) groups excluding carboxylic acids is 4. The number of rotatable bonds is 9. The average molecular weight is 687 g/mol. The second-order valence-electron chi connectivity index (χ2n) is 11.3. The molecule has 0 aromatic heterocycles. The van der Waals surface area contributed by atoms with Gasteiger partial charge in [-0.3, -0.25) is 0 Å². The molecular formula is C38H38O12. The van der Waals surface area contributed by atoms with Crippen LogP contribution < -0.4 is 0 Å². The first-order valence-electron chi connectivity index (χ1n) is 15.7. The van der Waals surface area contributed by atoms with Crippen LogP contribution in [0.2, 0.25) is 0 Å². The van der Waals surface area contributed by atoms with E-state index in [0.29, 0.717) is 48.7 Å². The highest BCUT2D eigenvalue weighted by molar-refractivity contribution is 5.63. The summed E-state index contributed by atoms with van der Waals surface area (Å²) in [5.41, 5.74) is 0.983. The van der Waals surface area contributed by atoms with Crippen LogP contribution in [0, 0.1) is 0 Å². The van der Waals surface area contributed by atoms with Crippen molar-refractivity contribution in [3.63, 3.8) is 0 Å². The molecule has 4 aliphatic rings. The summed E-state index contributed by atoms with van der Waals surface area (Å²) in [5, 5.41) is 43.2. The van der Waals surface area contributed by atoms with Crippen LogP contribution in [0.1, 0.15) is 22.3 Å². The molecule has 4 aliphatic heterocycles. The minimum absolute atomic E-state index is 0.0272. The molecule has 4 atom stereocenters. The number of carbonyl (C=O) groups is 4. The van der Waals surface area contributed by atoms with Gasteiger partial charge in [0.05, 0.1) is 31.8 Å². The van der Waals surface area contributed by atoms with Crippen LogP contribution in [0.3, 0.4) is 0 Å². The van der Waals surface area contributed by atoms with Crippen molar-refractivity contribution < 1.29 is 58.6 Å². The van der Waals surface area contributed by atoms with E-state index in [1.165, 1.54) is 0 Å². The average Bonchev–Trinajstić information content (AvgIpc) is 3.97. The van der Waals surface area contributed by atoms with E-state index in [2.05, 4.69) is 18.9 Å². The zero-order valence-electron chi connectivity index (χ0n) is 26.9. The number of hydrogen-bond donors (Lipinski definition) is 4. The highest BCUT2D eigenvalue weighted by Gasteiger charge is 2.42. The summed E-state index contributed by atoms with van der Waals surface area (Å²) in [4.78, 5) is 37.8. The SMILES string of the molecule is O=CC1CO1.O=CC1CO1.O=CC1CO1.O=CC1CO1.Oc1ccccc1CC(c1ccccc1O)(c1ccccc1O)c1ccccc1O. The molecule has 4 N–H and O–H groups in total. The van der Waals surface area contributed by atoms with E-state index in [1.54, 1.807) is 91.0 Å². The lowest BCUT2D eigenvalue weighted by Crippen LogP contribution is -2.32. The molecule has 0 radical (unpaired) electrons. The van der Waals surface area contributed by atoms with Crippen LogP contribution in [0.4, 0.5) is 0 Å². The number of benzene rings is 4. The predicted octanol–water partition coefficient (Wildman–Crippen LogP) is 3.42. The molecule has 4 aromatic rings. The topological polar surface area (TPSA) is 199 Å². The minimum atomic E-state index is -1.17. The van der Waals surface area contributed by atoms with E-state index >= 15 is 0 Å². The molecule has 4 saturated heterocycles. The Bertz CT molecular complexity index is 1530. The molecule has 4 unspecified atom stereocenters. The Labute approximate surface area is 288 Å². The van der Waals surface area contributed by atoms with Crippen LogP contribution in [-0.4, -0.2) is 96.4 Å². The molecule has 0 bridgehead atoms. The van der Waals surface area contributed by atoms with Gasteiger partial charge in [0, 0.05) is 16.7 Å². The zero-order chi connectivity index (χ0) is 35.9. The third-order valence-corrected chi connectivity index (χ3v) is 7.58. The van der Waals surface area contributed by atoms with Crippen molar-refractivity contribution in [1.29, 1.82) is 0 Å². The molecule has 4 fully saturated rings. The molecule has 0 saturated carbocycles. The number of hydrogen-bond acceptors (Lipinski definition) is 12. The molecular weight excluding hydrogens is 648 g/mol. The maximum absolute atomic E-state index is 10.9. The molecule has 0 spiro atoms. The number of ether oxygens (including phenoxy) is 4. The van der Waals surface area contributed by atoms with Crippen molar-refractivity contribution in [1.82, 2.24) is 0 Å². The van der Waals surface area contributed by atoms with E-state index in [0.717, 1.165) is 25.1 Å². The number of para-hydroxylation sites is 4.